The molecule has 0 aromatic heterocycles. The van der Waals surface area contributed by atoms with Crippen molar-refractivity contribution in [2.75, 3.05) is 4.90 Å². The molecular weight excluding hydrogens is 488 g/mol. The number of ether oxygens (including phenoxy) is 1. The van der Waals surface area contributed by atoms with E-state index >= 15 is 0 Å². The van der Waals surface area contributed by atoms with E-state index in [-0.39, 0.29) is 22.5 Å². The Morgan fingerprint density at radius 2 is 1.50 bits per heavy atom. The normalized spacial score (nSPS) is 23.9. The van der Waals surface area contributed by atoms with Gasteiger partial charge in [-0.15, -0.1) is 0 Å². The van der Waals surface area contributed by atoms with Crippen LogP contribution >= 0.6 is 11.6 Å². The van der Waals surface area contributed by atoms with Crippen LogP contribution in [0.15, 0.2) is 72.8 Å². The van der Waals surface area contributed by atoms with E-state index < -0.39 is 51.8 Å². The summed E-state index contributed by atoms with van der Waals surface area (Å²) in [5, 5.41) is 11.7. The first-order chi connectivity index (χ1) is 17.3. The van der Waals surface area contributed by atoms with Gasteiger partial charge in [0.05, 0.1) is 28.6 Å². The number of nitro benzene ring substituents is 1. The molecule has 6 rings (SSSR count). The fourth-order valence-electron chi connectivity index (χ4n) is 5.47. The smallest absolute Gasteiger partial charge is 0.271 e. The number of halogens is 1. The Labute approximate surface area is 208 Å². The predicted octanol–water partition coefficient (Wildman–Crippen LogP) is 3.94. The monoisotopic (exact) mass is 502 g/mol. The van der Waals surface area contributed by atoms with Crippen molar-refractivity contribution < 1.29 is 28.8 Å². The third-order valence-corrected chi connectivity index (χ3v) is 7.27. The minimum absolute atomic E-state index is 0.0194. The number of fused-ring (bicyclic) bond motifs is 3. The van der Waals surface area contributed by atoms with Gasteiger partial charge in [-0.1, -0.05) is 54.1 Å². The number of hydrogen-bond donors (Lipinski definition) is 0. The molecule has 3 aliphatic rings. The molecule has 2 saturated heterocycles. The van der Waals surface area contributed by atoms with Crippen molar-refractivity contribution >= 4 is 46.4 Å². The van der Waals surface area contributed by atoms with E-state index in [0.29, 0.717) is 10.6 Å². The van der Waals surface area contributed by atoms with Crippen molar-refractivity contribution in [3.05, 3.63) is 105 Å². The van der Waals surface area contributed by atoms with Gasteiger partial charge in [-0.3, -0.25) is 29.3 Å². The standard InChI is InChI=1S/C26H15ClN2O7/c27-14-10-8-13(9-11-14)21-19-20(26(36-21)22(30)17-6-1-2-7-18(17)23(26)31)25(33)28(24(19)32)15-4-3-5-16(12-15)29(34)35/h1-12,19-21H/t19-,20-,21-/m1/s1. The molecule has 2 heterocycles. The highest BCUT2D eigenvalue weighted by atomic mass is 35.5. The fraction of sp³-hybridized carbons (Fsp3) is 0.154. The SMILES string of the molecule is O=C1[C@H]2[C@@H](c3ccc(Cl)cc3)OC3(C(=O)c4ccccc4C3=O)[C@H]2C(=O)N1c1cccc([N+](=O)[O-])c1. The molecule has 10 heteroatoms. The second-order valence-electron chi connectivity index (χ2n) is 8.82. The molecule has 2 aliphatic heterocycles. The van der Waals surface area contributed by atoms with Crippen molar-refractivity contribution in [1.82, 2.24) is 0 Å². The molecule has 3 atom stereocenters. The third kappa shape index (κ3) is 2.81. The van der Waals surface area contributed by atoms with E-state index in [1.807, 2.05) is 0 Å². The van der Waals surface area contributed by atoms with Crippen LogP contribution in [-0.4, -0.2) is 33.9 Å². The first-order valence-corrected chi connectivity index (χ1v) is 11.4. The number of imide groups is 1. The van der Waals surface area contributed by atoms with E-state index in [4.69, 9.17) is 16.3 Å². The average Bonchev–Trinajstić information content (AvgIpc) is 3.44. The number of nitro groups is 1. The summed E-state index contributed by atoms with van der Waals surface area (Å²) >= 11 is 6.02. The van der Waals surface area contributed by atoms with Crippen molar-refractivity contribution in [2.24, 2.45) is 11.8 Å². The van der Waals surface area contributed by atoms with Crippen molar-refractivity contribution in [3.63, 3.8) is 0 Å². The molecule has 1 spiro atoms. The molecule has 3 aromatic carbocycles. The summed E-state index contributed by atoms with van der Waals surface area (Å²) < 4.78 is 6.18. The Hall–Kier alpha value is -4.21. The lowest BCUT2D eigenvalue weighted by molar-refractivity contribution is -0.384. The molecule has 2 fully saturated rings. The number of nitrogens with zero attached hydrogens (tertiary/aromatic N) is 2. The number of non-ortho nitro benzene ring substituents is 1. The van der Waals surface area contributed by atoms with Crippen molar-refractivity contribution in [2.45, 2.75) is 11.7 Å². The Morgan fingerprint density at radius 1 is 0.861 bits per heavy atom. The summed E-state index contributed by atoms with van der Waals surface area (Å²) in [4.78, 5) is 66.5. The summed E-state index contributed by atoms with van der Waals surface area (Å²) in [5.41, 5.74) is -1.86. The molecule has 178 valence electrons. The highest BCUT2D eigenvalue weighted by Gasteiger charge is 2.74. The largest absolute Gasteiger partial charge is 0.349 e. The number of rotatable bonds is 3. The highest BCUT2D eigenvalue weighted by molar-refractivity contribution is 6.37. The van der Waals surface area contributed by atoms with Crippen LogP contribution in [-0.2, 0) is 14.3 Å². The number of hydrogen-bond acceptors (Lipinski definition) is 7. The summed E-state index contributed by atoms with van der Waals surface area (Å²) in [6.45, 7) is 0. The van der Waals surface area contributed by atoms with Gasteiger partial charge in [0.25, 0.3) is 5.69 Å². The molecular formula is C26H15ClN2O7. The quantitative estimate of drug-likeness (QED) is 0.230. The molecule has 0 unspecified atom stereocenters. The van der Waals surface area contributed by atoms with Crippen LogP contribution in [0.4, 0.5) is 11.4 Å². The number of Topliss-reactive ketones (excluding diaryl/α,β-unsaturated/α-hetero) is 2. The minimum atomic E-state index is -2.22. The highest BCUT2D eigenvalue weighted by Crippen LogP contribution is 2.57. The topological polar surface area (TPSA) is 124 Å². The zero-order valence-corrected chi connectivity index (χ0v) is 19.0. The van der Waals surface area contributed by atoms with Crippen molar-refractivity contribution in [3.8, 4) is 0 Å². The van der Waals surface area contributed by atoms with Gasteiger partial charge in [-0.05, 0) is 23.8 Å². The van der Waals surface area contributed by atoms with Gasteiger partial charge in [0.2, 0.25) is 29.0 Å². The Morgan fingerprint density at radius 3 is 2.11 bits per heavy atom. The lowest BCUT2D eigenvalue weighted by Gasteiger charge is -2.27. The van der Waals surface area contributed by atoms with Gasteiger partial charge < -0.3 is 4.74 Å². The van der Waals surface area contributed by atoms with Crippen molar-refractivity contribution in [1.29, 1.82) is 0 Å². The summed E-state index contributed by atoms with van der Waals surface area (Å²) in [7, 11) is 0. The summed E-state index contributed by atoms with van der Waals surface area (Å²) in [6, 6.07) is 17.6. The third-order valence-electron chi connectivity index (χ3n) is 7.02. The molecule has 3 aromatic rings. The maximum absolute atomic E-state index is 13.8. The number of amides is 2. The number of carbonyl (C=O) groups is 4. The van der Waals surface area contributed by atoms with Gasteiger partial charge in [0.15, 0.2) is 0 Å². The van der Waals surface area contributed by atoms with Crippen LogP contribution < -0.4 is 4.90 Å². The first kappa shape index (κ1) is 22.3. The Kier molecular flexibility index (Phi) is 4.73. The average molecular weight is 503 g/mol. The maximum atomic E-state index is 13.8. The zero-order chi connectivity index (χ0) is 25.4. The van der Waals surface area contributed by atoms with E-state index in [9.17, 15) is 29.3 Å². The second-order valence-corrected chi connectivity index (χ2v) is 9.26. The van der Waals surface area contributed by atoms with Gasteiger partial charge in [0.1, 0.15) is 0 Å². The molecule has 0 saturated carbocycles. The second kappa shape index (κ2) is 7.64. The lowest BCUT2D eigenvalue weighted by atomic mass is 9.77. The van der Waals surface area contributed by atoms with Crippen LogP contribution in [0.25, 0.3) is 0 Å². The summed E-state index contributed by atoms with van der Waals surface area (Å²) in [5.74, 6) is -5.55. The maximum Gasteiger partial charge on any atom is 0.271 e. The molecule has 1 aliphatic carbocycles. The van der Waals surface area contributed by atoms with Crippen LogP contribution in [0.5, 0.6) is 0 Å². The predicted molar refractivity (Wildman–Crippen MR) is 126 cm³/mol. The van der Waals surface area contributed by atoms with Crippen LogP contribution in [0, 0.1) is 22.0 Å². The van der Waals surface area contributed by atoms with Gasteiger partial charge in [-0.2, -0.15) is 0 Å². The van der Waals surface area contributed by atoms with Gasteiger partial charge >= 0.3 is 0 Å². The minimum Gasteiger partial charge on any atom is -0.349 e. The zero-order valence-electron chi connectivity index (χ0n) is 18.3. The first-order valence-electron chi connectivity index (χ1n) is 11.0. The Balaban J connectivity index is 1.54. The van der Waals surface area contributed by atoms with Crippen LogP contribution in [0.2, 0.25) is 5.02 Å². The Bertz CT molecular complexity index is 1480. The molecule has 0 bridgehead atoms. The molecule has 36 heavy (non-hydrogen) atoms. The molecule has 0 radical (unpaired) electrons. The number of anilines is 1. The van der Waals surface area contributed by atoms with Gasteiger partial charge in [0, 0.05) is 28.3 Å². The number of benzene rings is 3. The number of ketones is 2. The van der Waals surface area contributed by atoms with E-state index in [2.05, 4.69) is 0 Å². The van der Waals surface area contributed by atoms with E-state index in [0.717, 1.165) is 11.0 Å². The molecule has 0 N–H and O–H groups in total. The van der Waals surface area contributed by atoms with E-state index in [1.165, 1.54) is 30.3 Å². The molecule has 9 nitrogen and oxygen atoms in total. The lowest BCUT2D eigenvalue weighted by Crippen LogP contribution is -2.51. The van der Waals surface area contributed by atoms with Crippen LogP contribution in [0.3, 0.4) is 0 Å². The molecule has 2 amide bonds. The van der Waals surface area contributed by atoms with Crippen LogP contribution in [0.1, 0.15) is 32.4 Å². The van der Waals surface area contributed by atoms with Gasteiger partial charge in [-0.25, -0.2) is 4.90 Å². The summed E-state index contributed by atoms with van der Waals surface area (Å²) in [6.07, 6.45) is -1.10. The fourth-order valence-corrected chi connectivity index (χ4v) is 5.60. The van der Waals surface area contributed by atoms with E-state index in [1.54, 1.807) is 36.4 Å². The number of carbonyl (C=O) groups excluding carboxylic acids is 4.